The number of ether oxygens (including phenoxy) is 2. The minimum absolute atomic E-state index is 0.178. The number of rotatable bonds is 7. The maximum Gasteiger partial charge on any atom is 0.410 e. The molecule has 0 N–H and O–H groups in total. The molecule has 1 heterocycles. The molecular formula is C21H32N2O4. The first kappa shape index (κ1) is 21.2. The van der Waals surface area contributed by atoms with Gasteiger partial charge in [0, 0.05) is 25.7 Å². The molecule has 6 nitrogen and oxygen atoms in total. The molecule has 0 aliphatic carbocycles. The molecule has 1 atom stereocenters. The highest BCUT2D eigenvalue weighted by Crippen LogP contribution is 2.20. The molecule has 2 rings (SSSR count). The van der Waals surface area contributed by atoms with Crippen LogP contribution in [0.5, 0.6) is 0 Å². The molecule has 0 saturated carbocycles. The van der Waals surface area contributed by atoms with Crippen LogP contribution in [-0.4, -0.2) is 61.8 Å². The van der Waals surface area contributed by atoms with Gasteiger partial charge in [-0.25, -0.2) is 9.59 Å². The lowest BCUT2D eigenvalue weighted by Crippen LogP contribution is -2.49. The first-order valence-corrected chi connectivity index (χ1v) is 9.70. The molecule has 0 aromatic heterocycles. The Morgan fingerprint density at radius 2 is 1.93 bits per heavy atom. The van der Waals surface area contributed by atoms with Crippen LogP contribution in [0.3, 0.4) is 0 Å². The topological polar surface area (TPSA) is 59.1 Å². The molecular weight excluding hydrogens is 344 g/mol. The Balaban J connectivity index is 1.91. The molecule has 1 saturated heterocycles. The molecule has 0 bridgehead atoms. The predicted octanol–water partition coefficient (Wildman–Crippen LogP) is 3.55. The zero-order valence-corrected chi connectivity index (χ0v) is 16.9. The van der Waals surface area contributed by atoms with E-state index in [0.717, 1.165) is 44.5 Å². The van der Waals surface area contributed by atoms with E-state index in [2.05, 4.69) is 11.9 Å². The van der Waals surface area contributed by atoms with Crippen molar-refractivity contribution in [3.8, 4) is 0 Å². The SMILES string of the molecule is COC(=O)c1ccc(CN(C)CC2CCCCN2C(=O)OCC(C)C)cc1. The molecule has 1 aromatic carbocycles. The van der Waals surface area contributed by atoms with Crippen LogP contribution in [-0.2, 0) is 16.0 Å². The highest BCUT2D eigenvalue weighted by atomic mass is 16.6. The summed E-state index contributed by atoms with van der Waals surface area (Å²) < 4.78 is 10.2. The van der Waals surface area contributed by atoms with E-state index in [1.807, 2.05) is 30.9 Å². The first-order valence-electron chi connectivity index (χ1n) is 9.70. The first-order chi connectivity index (χ1) is 12.9. The standard InChI is InChI=1S/C21H32N2O4/c1-16(2)15-27-21(25)23-12-6-5-7-19(23)14-22(3)13-17-8-10-18(11-9-17)20(24)26-4/h8-11,16,19H,5-7,12-15H2,1-4H3. The Labute approximate surface area is 162 Å². The molecule has 1 aromatic rings. The maximum absolute atomic E-state index is 12.4. The summed E-state index contributed by atoms with van der Waals surface area (Å²) in [5, 5.41) is 0. The van der Waals surface area contributed by atoms with Crippen molar-refractivity contribution in [3.05, 3.63) is 35.4 Å². The molecule has 0 radical (unpaired) electrons. The van der Waals surface area contributed by atoms with Gasteiger partial charge in [-0.05, 0) is 49.9 Å². The van der Waals surface area contributed by atoms with Gasteiger partial charge < -0.3 is 19.3 Å². The minimum atomic E-state index is -0.326. The summed E-state index contributed by atoms with van der Waals surface area (Å²) in [6, 6.07) is 7.63. The Bertz CT molecular complexity index is 615. The fourth-order valence-corrected chi connectivity index (χ4v) is 3.35. The number of esters is 1. The van der Waals surface area contributed by atoms with Crippen LogP contribution in [0.2, 0.25) is 0 Å². The molecule has 1 unspecified atom stereocenters. The normalized spacial score (nSPS) is 17.3. The fourth-order valence-electron chi connectivity index (χ4n) is 3.35. The van der Waals surface area contributed by atoms with E-state index in [9.17, 15) is 9.59 Å². The van der Waals surface area contributed by atoms with E-state index in [4.69, 9.17) is 9.47 Å². The highest BCUT2D eigenvalue weighted by Gasteiger charge is 2.28. The quantitative estimate of drug-likeness (QED) is 0.681. The maximum atomic E-state index is 12.4. The second-order valence-electron chi connectivity index (χ2n) is 7.70. The number of likely N-dealkylation sites (N-methyl/N-ethyl adjacent to an activating group) is 1. The van der Waals surface area contributed by atoms with E-state index in [-0.39, 0.29) is 18.1 Å². The number of carbonyl (C=O) groups is 2. The van der Waals surface area contributed by atoms with Gasteiger partial charge in [0.25, 0.3) is 0 Å². The van der Waals surface area contributed by atoms with Crippen molar-refractivity contribution in [2.24, 2.45) is 5.92 Å². The van der Waals surface area contributed by atoms with E-state index < -0.39 is 0 Å². The van der Waals surface area contributed by atoms with Crippen molar-refractivity contribution in [1.29, 1.82) is 0 Å². The average molecular weight is 376 g/mol. The van der Waals surface area contributed by atoms with Crippen molar-refractivity contribution in [1.82, 2.24) is 9.80 Å². The third-order valence-electron chi connectivity index (χ3n) is 4.75. The highest BCUT2D eigenvalue weighted by molar-refractivity contribution is 5.89. The molecule has 1 fully saturated rings. The molecule has 27 heavy (non-hydrogen) atoms. The van der Waals surface area contributed by atoms with Crippen LogP contribution in [0.15, 0.2) is 24.3 Å². The van der Waals surface area contributed by atoms with Crippen molar-refractivity contribution < 1.29 is 19.1 Å². The molecule has 150 valence electrons. The molecule has 1 aliphatic rings. The van der Waals surface area contributed by atoms with Gasteiger partial charge in [0.2, 0.25) is 0 Å². The van der Waals surface area contributed by atoms with Gasteiger partial charge in [0.15, 0.2) is 0 Å². The molecule has 1 amide bonds. The van der Waals surface area contributed by atoms with E-state index in [0.29, 0.717) is 18.1 Å². The summed E-state index contributed by atoms with van der Waals surface area (Å²) in [7, 11) is 3.44. The van der Waals surface area contributed by atoms with Crippen molar-refractivity contribution in [2.45, 2.75) is 45.7 Å². The molecule has 1 aliphatic heterocycles. The van der Waals surface area contributed by atoms with Gasteiger partial charge in [-0.3, -0.25) is 0 Å². The minimum Gasteiger partial charge on any atom is -0.465 e. The molecule has 6 heteroatoms. The van der Waals surface area contributed by atoms with Crippen LogP contribution in [0.1, 0.15) is 49.0 Å². The van der Waals surface area contributed by atoms with Crippen LogP contribution in [0.25, 0.3) is 0 Å². The Morgan fingerprint density at radius 3 is 2.56 bits per heavy atom. The number of benzene rings is 1. The smallest absolute Gasteiger partial charge is 0.410 e. The van der Waals surface area contributed by atoms with Crippen LogP contribution in [0, 0.1) is 5.92 Å². The monoisotopic (exact) mass is 376 g/mol. The van der Waals surface area contributed by atoms with Gasteiger partial charge in [-0.15, -0.1) is 0 Å². The number of carbonyl (C=O) groups excluding carboxylic acids is 2. The summed E-state index contributed by atoms with van der Waals surface area (Å²) in [4.78, 5) is 28.1. The van der Waals surface area contributed by atoms with Crippen LogP contribution in [0.4, 0.5) is 4.79 Å². The van der Waals surface area contributed by atoms with Gasteiger partial charge in [0.05, 0.1) is 19.3 Å². The van der Waals surface area contributed by atoms with Gasteiger partial charge >= 0.3 is 12.1 Å². The largest absolute Gasteiger partial charge is 0.465 e. The predicted molar refractivity (Wildman–Crippen MR) is 105 cm³/mol. The van der Waals surface area contributed by atoms with Gasteiger partial charge in [-0.1, -0.05) is 26.0 Å². The third-order valence-corrected chi connectivity index (χ3v) is 4.75. The second-order valence-corrected chi connectivity index (χ2v) is 7.70. The summed E-state index contributed by atoms with van der Waals surface area (Å²) >= 11 is 0. The summed E-state index contributed by atoms with van der Waals surface area (Å²) in [6.07, 6.45) is 2.98. The van der Waals surface area contributed by atoms with Gasteiger partial charge in [-0.2, -0.15) is 0 Å². The zero-order valence-electron chi connectivity index (χ0n) is 16.9. The Hall–Kier alpha value is -2.08. The number of hydrogen-bond acceptors (Lipinski definition) is 5. The number of piperidine rings is 1. The molecule has 0 spiro atoms. The summed E-state index contributed by atoms with van der Waals surface area (Å²) in [5.41, 5.74) is 1.67. The summed E-state index contributed by atoms with van der Waals surface area (Å²) in [5.74, 6) is 0.0143. The lowest BCUT2D eigenvalue weighted by atomic mass is 10.0. The lowest BCUT2D eigenvalue weighted by Gasteiger charge is -2.37. The van der Waals surface area contributed by atoms with Crippen molar-refractivity contribution in [2.75, 3.05) is 33.9 Å². The number of amides is 1. The number of nitrogens with zero attached hydrogens (tertiary/aromatic N) is 2. The van der Waals surface area contributed by atoms with Crippen molar-refractivity contribution >= 4 is 12.1 Å². The van der Waals surface area contributed by atoms with Crippen LogP contribution < -0.4 is 0 Å². The lowest BCUT2D eigenvalue weighted by molar-refractivity contribution is 0.0562. The summed E-state index contributed by atoms with van der Waals surface area (Å²) in [6.45, 7) is 6.87. The van der Waals surface area contributed by atoms with E-state index >= 15 is 0 Å². The average Bonchev–Trinajstić information content (AvgIpc) is 2.66. The van der Waals surface area contributed by atoms with Gasteiger partial charge in [0.1, 0.15) is 0 Å². The Kier molecular flexibility index (Phi) is 8.10. The fraction of sp³-hybridized carbons (Fsp3) is 0.619. The number of hydrogen-bond donors (Lipinski definition) is 0. The number of likely N-dealkylation sites (tertiary alicyclic amines) is 1. The van der Waals surface area contributed by atoms with E-state index in [1.54, 1.807) is 12.1 Å². The van der Waals surface area contributed by atoms with E-state index in [1.165, 1.54) is 7.11 Å². The Morgan fingerprint density at radius 1 is 1.22 bits per heavy atom. The third kappa shape index (κ3) is 6.54. The second kappa shape index (κ2) is 10.3. The van der Waals surface area contributed by atoms with Crippen molar-refractivity contribution in [3.63, 3.8) is 0 Å². The zero-order chi connectivity index (χ0) is 19.8. The van der Waals surface area contributed by atoms with Crippen LogP contribution >= 0.6 is 0 Å². The number of methoxy groups -OCH3 is 1.